The van der Waals surface area contributed by atoms with Crippen LogP contribution >= 0.6 is 11.5 Å². The number of carbonyl (C=O) groups excluding carboxylic acids is 3. The van der Waals surface area contributed by atoms with Crippen LogP contribution in [-0.2, 0) is 4.79 Å². The quantitative estimate of drug-likeness (QED) is 0.303. The topological polar surface area (TPSA) is 170 Å². The van der Waals surface area contributed by atoms with E-state index >= 15 is 0 Å². The zero-order chi connectivity index (χ0) is 28.2. The molecule has 0 fully saturated rings. The molecule has 202 valence electrons. The average molecular weight is 542 g/mol. The first kappa shape index (κ1) is 28.3. The average Bonchev–Trinajstić information content (AvgIpc) is 3.28. The molecule has 0 saturated heterocycles. The Morgan fingerprint density at radius 2 is 1.79 bits per heavy atom. The van der Waals surface area contributed by atoms with Gasteiger partial charge in [0, 0.05) is 11.6 Å². The van der Waals surface area contributed by atoms with Crippen molar-refractivity contribution in [3.63, 3.8) is 0 Å². The maximum absolute atomic E-state index is 14.2. The molecule has 1 atom stereocenters. The fourth-order valence-electron chi connectivity index (χ4n) is 3.65. The van der Waals surface area contributed by atoms with Crippen LogP contribution in [0.5, 0.6) is 17.2 Å². The number of amides is 3. The summed E-state index contributed by atoms with van der Waals surface area (Å²) in [6, 6.07) is 9.44. The zero-order valence-corrected chi connectivity index (χ0v) is 22.6. The Morgan fingerprint density at radius 1 is 1.13 bits per heavy atom. The van der Waals surface area contributed by atoms with Crippen LogP contribution in [0.3, 0.4) is 0 Å². The maximum atomic E-state index is 14.2. The molecule has 0 aliphatic carbocycles. The van der Waals surface area contributed by atoms with Crippen LogP contribution in [0.1, 0.15) is 59.0 Å². The molecule has 6 N–H and O–H groups in total. The van der Waals surface area contributed by atoms with Gasteiger partial charge in [-0.05, 0) is 61.6 Å². The number of hydrogen-bond donors (Lipinski definition) is 4. The molecule has 0 aliphatic rings. The second kappa shape index (κ2) is 11.4. The molecule has 1 unspecified atom stereocenters. The van der Waals surface area contributed by atoms with Gasteiger partial charge in [0.1, 0.15) is 28.2 Å². The van der Waals surface area contributed by atoms with Gasteiger partial charge >= 0.3 is 0 Å². The molecule has 0 aliphatic heterocycles. The van der Waals surface area contributed by atoms with E-state index in [1.54, 1.807) is 18.2 Å². The first-order chi connectivity index (χ1) is 17.9. The van der Waals surface area contributed by atoms with Crippen molar-refractivity contribution in [2.75, 3.05) is 24.9 Å². The first-order valence-electron chi connectivity index (χ1n) is 11.7. The highest BCUT2D eigenvalue weighted by molar-refractivity contribution is 7.09. The summed E-state index contributed by atoms with van der Waals surface area (Å²) >= 11 is 0.693. The summed E-state index contributed by atoms with van der Waals surface area (Å²) < 4.78 is 14.9. The number of methoxy groups -OCH3 is 2. The predicted molar refractivity (Wildman–Crippen MR) is 145 cm³/mol. The number of rotatable bonds is 10. The standard InChI is InChI=1S/C26H31N5O6S/c1-6-26(2,3)29-24(34)21(14-7-9-15(32)10-8-14)31(17-13-16(36-4)11-12-18(17)37-5)25(35)22-19(27)20(23(28)33)30-38-22/h7-13,21,32H,6,27H2,1-5H3,(H2,28,33)(H,29,34). The van der Waals surface area contributed by atoms with Crippen LogP contribution < -0.4 is 31.2 Å². The number of hydrogen-bond acceptors (Lipinski definition) is 9. The monoisotopic (exact) mass is 541 g/mol. The lowest BCUT2D eigenvalue weighted by molar-refractivity contribution is -0.124. The summed E-state index contributed by atoms with van der Waals surface area (Å²) in [5.74, 6) is -1.46. The largest absolute Gasteiger partial charge is 0.508 e. The minimum atomic E-state index is -1.26. The van der Waals surface area contributed by atoms with Crippen LogP contribution in [0.25, 0.3) is 0 Å². The lowest BCUT2D eigenvalue weighted by atomic mass is 9.98. The molecule has 1 aromatic heterocycles. The highest BCUT2D eigenvalue weighted by Crippen LogP contribution is 2.40. The minimum absolute atomic E-state index is 0.0172. The molecule has 3 aromatic rings. The SMILES string of the molecule is CCC(C)(C)NC(=O)C(c1ccc(O)cc1)N(C(=O)c1snc(C(N)=O)c1N)c1cc(OC)ccc1OC. The number of aromatic nitrogens is 1. The number of nitrogen functional groups attached to an aromatic ring is 1. The summed E-state index contributed by atoms with van der Waals surface area (Å²) in [5.41, 5.74) is 11.0. The van der Waals surface area contributed by atoms with E-state index in [9.17, 15) is 19.5 Å². The van der Waals surface area contributed by atoms with Gasteiger partial charge < -0.3 is 31.4 Å². The van der Waals surface area contributed by atoms with Gasteiger partial charge in [-0.1, -0.05) is 19.1 Å². The predicted octanol–water partition coefficient (Wildman–Crippen LogP) is 3.24. The van der Waals surface area contributed by atoms with E-state index in [0.717, 1.165) is 0 Å². The second-order valence-electron chi connectivity index (χ2n) is 9.07. The highest BCUT2D eigenvalue weighted by atomic mass is 32.1. The van der Waals surface area contributed by atoms with Crippen LogP contribution in [0.2, 0.25) is 0 Å². The molecule has 38 heavy (non-hydrogen) atoms. The number of anilines is 2. The van der Waals surface area contributed by atoms with Crippen molar-refractivity contribution < 1.29 is 29.0 Å². The van der Waals surface area contributed by atoms with Crippen molar-refractivity contribution in [3.05, 3.63) is 58.6 Å². The van der Waals surface area contributed by atoms with Crippen molar-refractivity contribution in [2.45, 2.75) is 38.8 Å². The first-order valence-corrected chi connectivity index (χ1v) is 12.4. The number of nitrogens with two attached hydrogens (primary N) is 2. The molecule has 2 aromatic carbocycles. The second-order valence-corrected chi connectivity index (χ2v) is 9.85. The van der Waals surface area contributed by atoms with Crippen molar-refractivity contribution in [1.29, 1.82) is 0 Å². The van der Waals surface area contributed by atoms with Crippen LogP contribution in [0, 0.1) is 0 Å². The van der Waals surface area contributed by atoms with E-state index in [4.69, 9.17) is 20.9 Å². The molecule has 1 heterocycles. The van der Waals surface area contributed by atoms with Gasteiger partial charge in [-0.25, -0.2) is 0 Å². The van der Waals surface area contributed by atoms with Crippen molar-refractivity contribution in [1.82, 2.24) is 9.69 Å². The third-order valence-corrected chi connectivity index (χ3v) is 6.93. The van der Waals surface area contributed by atoms with Gasteiger partial charge in [0.05, 0.1) is 25.6 Å². The third kappa shape index (κ3) is 5.80. The summed E-state index contributed by atoms with van der Waals surface area (Å²) in [7, 11) is 2.89. The molecular formula is C26H31N5O6S. The number of phenolic OH excluding ortho intramolecular Hbond substituents is 1. The Kier molecular flexibility index (Phi) is 8.46. The van der Waals surface area contributed by atoms with Gasteiger partial charge in [-0.3, -0.25) is 19.3 Å². The van der Waals surface area contributed by atoms with Crippen LogP contribution in [-0.4, -0.2) is 47.0 Å². The molecule has 0 radical (unpaired) electrons. The van der Waals surface area contributed by atoms with Crippen LogP contribution in [0.4, 0.5) is 11.4 Å². The Balaban J connectivity index is 2.33. The van der Waals surface area contributed by atoms with Crippen molar-refractivity contribution >= 4 is 40.6 Å². The minimum Gasteiger partial charge on any atom is -0.508 e. The number of aromatic hydroxyl groups is 1. The van der Waals surface area contributed by atoms with E-state index in [1.165, 1.54) is 43.4 Å². The molecular weight excluding hydrogens is 510 g/mol. The van der Waals surface area contributed by atoms with Gasteiger partial charge in [-0.2, -0.15) is 4.37 Å². The number of nitrogens with one attached hydrogen (secondary N) is 1. The fraction of sp³-hybridized carbons (Fsp3) is 0.308. The summed E-state index contributed by atoms with van der Waals surface area (Å²) in [4.78, 5) is 41.1. The number of phenols is 1. The molecule has 3 amide bonds. The van der Waals surface area contributed by atoms with Gasteiger partial charge in [0.2, 0.25) is 5.91 Å². The fourth-order valence-corrected chi connectivity index (χ4v) is 4.40. The van der Waals surface area contributed by atoms with Crippen molar-refractivity contribution in [3.8, 4) is 17.2 Å². The Hall–Kier alpha value is -4.32. The van der Waals surface area contributed by atoms with E-state index < -0.39 is 29.3 Å². The number of primary amides is 1. The van der Waals surface area contributed by atoms with Gasteiger partial charge in [0.15, 0.2) is 5.69 Å². The smallest absolute Gasteiger partial charge is 0.273 e. The summed E-state index contributed by atoms with van der Waals surface area (Å²) in [5, 5.41) is 12.9. The molecule has 0 spiro atoms. The number of nitrogens with zero attached hydrogens (tertiary/aromatic N) is 2. The van der Waals surface area contributed by atoms with Gasteiger partial charge in [-0.15, -0.1) is 0 Å². The highest BCUT2D eigenvalue weighted by Gasteiger charge is 2.39. The lowest BCUT2D eigenvalue weighted by Gasteiger charge is -2.35. The summed E-state index contributed by atoms with van der Waals surface area (Å²) in [6.45, 7) is 5.64. The van der Waals surface area contributed by atoms with E-state index in [-0.39, 0.29) is 33.4 Å². The molecule has 3 rings (SSSR count). The number of carbonyl (C=O) groups is 3. The van der Waals surface area contributed by atoms with Gasteiger partial charge in [0.25, 0.3) is 11.8 Å². The summed E-state index contributed by atoms with van der Waals surface area (Å²) in [6.07, 6.45) is 0.612. The zero-order valence-electron chi connectivity index (χ0n) is 21.8. The lowest BCUT2D eigenvalue weighted by Crippen LogP contribution is -2.50. The molecule has 0 bridgehead atoms. The van der Waals surface area contributed by atoms with E-state index in [2.05, 4.69) is 9.69 Å². The maximum Gasteiger partial charge on any atom is 0.273 e. The Morgan fingerprint density at radius 3 is 2.32 bits per heavy atom. The Labute approximate surface area is 224 Å². The van der Waals surface area contributed by atoms with E-state index in [0.29, 0.717) is 29.3 Å². The third-order valence-electron chi connectivity index (χ3n) is 6.08. The molecule has 12 heteroatoms. The van der Waals surface area contributed by atoms with Crippen LogP contribution in [0.15, 0.2) is 42.5 Å². The molecule has 0 saturated carbocycles. The molecule has 11 nitrogen and oxygen atoms in total. The van der Waals surface area contributed by atoms with Crippen molar-refractivity contribution in [2.24, 2.45) is 5.73 Å². The normalized spacial score (nSPS) is 11.9. The Bertz CT molecular complexity index is 1340. The van der Waals surface area contributed by atoms with E-state index in [1.807, 2.05) is 20.8 Å². The number of benzene rings is 2. The number of ether oxygens (including phenoxy) is 2.